The summed E-state index contributed by atoms with van der Waals surface area (Å²) in [7, 11) is 0. The maximum atomic E-state index is 12.9. The van der Waals surface area contributed by atoms with Crippen LogP contribution in [0, 0.1) is 6.92 Å². The zero-order valence-electron chi connectivity index (χ0n) is 14.7. The van der Waals surface area contributed by atoms with Crippen molar-refractivity contribution in [2.45, 2.75) is 16.8 Å². The van der Waals surface area contributed by atoms with Crippen LogP contribution in [0.15, 0.2) is 89.0 Å². The van der Waals surface area contributed by atoms with Crippen molar-refractivity contribution in [1.82, 2.24) is 9.97 Å². The van der Waals surface area contributed by atoms with Gasteiger partial charge in [0.05, 0.1) is 16.8 Å². The minimum atomic E-state index is -0.186. The number of hydrogen-bond donors (Lipinski definition) is 1. The Morgan fingerprint density at radius 1 is 0.889 bits per heavy atom. The largest absolute Gasteiger partial charge is 0.321 e. The highest BCUT2D eigenvalue weighted by Gasteiger charge is 2.15. The number of rotatable bonds is 4. The number of carbonyl (C=O) groups excluding carboxylic acids is 1. The quantitative estimate of drug-likeness (QED) is 0.526. The van der Waals surface area contributed by atoms with Gasteiger partial charge < -0.3 is 5.32 Å². The first kappa shape index (κ1) is 17.2. The van der Waals surface area contributed by atoms with E-state index in [1.807, 2.05) is 61.5 Å². The second-order valence-electron chi connectivity index (χ2n) is 6.10. The predicted molar refractivity (Wildman–Crippen MR) is 109 cm³/mol. The average molecular weight is 371 g/mol. The Morgan fingerprint density at radius 3 is 2.52 bits per heavy atom. The number of anilines is 1. The summed E-state index contributed by atoms with van der Waals surface area (Å²) in [5, 5.41) is 4.59. The molecule has 0 aliphatic heterocycles. The molecule has 0 radical (unpaired) electrons. The van der Waals surface area contributed by atoms with Gasteiger partial charge >= 0.3 is 0 Å². The highest BCUT2D eigenvalue weighted by molar-refractivity contribution is 7.99. The normalized spacial score (nSPS) is 10.7. The SMILES string of the molecule is Cc1ccc(Sc2ncccc2C(=O)Nc2cccc3ncccc23)cc1. The van der Waals surface area contributed by atoms with Gasteiger partial charge in [-0.05, 0) is 55.5 Å². The summed E-state index contributed by atoms with van der Waals surface area (Å²) in [5.41, 5.74) is 3.32. The molecule has 0 unspecified atom stereocenters. The Balaban J connectivity index is 1.63. The molecule has 2 aromatic carbocycles. The van der Waals surface area contributed by atoms with Gasteiger partial charge in [0.25, 0.3) is 5.91 Å². The fourth-order valence-electron chi connectivity index (χ4n) is 2.76. The van der Waals surface area contributed by atoms with E-state index in [0.29, 0.717) is 10.6 Å². The van der Waals surface area contributed by atoms with Crippen molar-refractivity contribution < 1.29 is 4.79 Å². The molecule has 0 aliphatic rings. The summed E-state index contributed by atoms with van der Waals surface area (Å²) in [4.78, 5) is 22.7. The van der Waals surface area contributed by atoms with Crippen molar-refractivity contribution >= 4 is 34.3 Å². The lowest BCUT2D eigenvalue weighted by atomic mass is 10.1. The Hall–Kier alpha value is -3.18. The van der Waals surface area contributed by atoms with Gasteiger partial charge in [0.2, 0.25) is 0 Å². The minimum absolute atomic E-state index is 0.186. The van der Waals surface area contributed by atoms with Crippen LogP contribution in [0.3, 0.4) is 0 Å². The molecule has 0 atom stereocenters. The van der Waals surface area contributed by atoms with E-state index in [1.54, 1.807) is 24.5 Å². The molecule has 132 valence electrons. The molecule has 2 aromatic heterocycles. The smallest absolute Gasteiger partial charge is 0.258 e. The first-order valence-electron chi connectivity index (χ1n) is 8.55. The van der Waals surface area contributed by atoms with Gasteiger partial charge in [-0.1, -0.05) is 35.5 Å². The Bertz CT molecular complexity index is 1100. The van der Waals surface area contributed by atoms with Crippen molar-refractivity contribution in [1.29, 1.82) is 0 Å². The number of nitrogens with zero attached hydrogens (tertiary/aromatic N) is 2. The number of carbonyl (C=O) groups is 1. The van der Waals surface area contributed by atoms with Crippen molar-refractivity contribution in [2.24, 2.45) is 0 Å². The Morgan fingerprint density at radius 2 is 1.67 bits per heavy atom. The predicted octanol–water partition coefficient (Wildman–Crippen LogP) is 5.34. The molecule has 2 heterocycles. The second-order valence-corrected chi connectivity index (χ2v) is 7.16. The summed E-state index contributed by atoms with van der Waals surface area (Å²) >= 11 is 1.48. The lowest BCUT2D eigenvalue weighted by molar-refractivity contribution is 0.102. The molecule has 0 saturated heterocycles. The number of hydrogen-bond acceptors (Lipinski definition) is 4. The number of pyridine rings is 2. The Kier molecular flexibility index (Phi) is 4.85. The van der Waals surface area contributed by atoms with E-state index in [1.165, 1.54) is 17.3 Å². The standard InChI is InChI=1S/C22H17N3OS/c1-15-9-11-16(12-10-15)27-22-18(6-4-14-24-22)21(26)25-20-8-2-7-19-17(20)5-3-13-23-19/h2-14H,1H3,(H,25,26). The van der Waals surface area contributed by atoms with Crippen LogP contribution in [0.5, 0.6) is 0 Å². The summed E-state index contributed by atoms with van der Waals surface area (Å²) in [6, 6.07) is 21.2. The molecule has 4 nitrogen and oxygen atoms in total. The van der Waals surface area contributed by atoms with E-state index >= 15 is 0 Å². The molecule has 4 rings (SSSR count). The topological polar surface area (TPSA) is 54.9 Å². The van der Waals surface area contributed by atoms with Gasteiger partial charge in [-0.15, -0.1) is 0 Å². The van der Waals surface area contributed by atoms with E-state index in [-0.39, 0.29) is 5.91 Å². The molecule has 0 aliphatic carbocycles. The Labute approximate surface area is 161 Å². The molecule has 0 bridgehead atoms. The van der Waals surface area contributed by atoms with Crippen LogP contribution in [-0.2, 0) is 0 Å². The van der Waals surface area contributed by atoms with E-state index in [4.69, 9.17) is 0 Å². The summed E-state index contributed by atoms with van der Waals surface area (Å²) in [6.07, 6.45) is 3.44. The lowest BCUT2D eigenvalue weighted by Crippen LogP contribution is -2.13. The van der Waals surface area contributed by atoms with Gasteiger partial charge in [-0.2, -0.15) is 0 Å². The number of amides is 1. The van der Waals surface area contributed by atoms with Gasteiger partial charge in [-0.25, -0.2) is 4.98 Å². The van der Waals surface area contributed by atoms with Gasteiger partial charge in [-0.3, -0.25) is 9.78 Å². The van der Waals surface area contributed by atoms with Crippen molar-refractivity contribution in [2.75, 3.05) is 5.32 Å². The maximum absolute atomic E-state index is 12.9. The lowest BCUT2D eigenvalue weighted by Gasteiger charge is -2.11. The third kappa shape index (κ3) is 3.83. The highest BCUT2D eigenvalue weighted by Crippen LogP contribution is 2.30. The van der Waals surface area contributed by atoms with E-state index in [0.717, 1.165) is 21.5 Å². The van der Waals surface area contributed by atoms with Crippen LogP contribution >= 0.6 is 11.8 Å². The minimum Gasteiger partial charge on any atom is -0.321 e. The second kappa shape index (κ2) is 7.60. The van der Waals surface area contributed by atoms with Crippen LogP contribution in [0.1, 0.15) is 15.9 Å². The molecular weight excluding hydrogens is 354 g/mol. The number of aromatic nitrogens is 2. The molecule has 0 fully saturated rings. The van der Waals surface area contributed by atoms with Gasteiger partial charge in [0, 0.05) is 22.7 Å². The van der Waals surface area contributed by atoms with E-state index < -0.39 is 0 Å². The maximum Gasteiger partial charge on any atom is 0.258 e. The highest BCUT2D eigenvalue weighted by atomic mass is 32.2. The molecule has 0 saturated carbocycles. The zero-order chi connectivity index (χ0) is 18.6. The molecule has 27 heavy (non-hydrogen) atoms. The summed E-state index contributed by atoms with van der Waals surface area (Å²) in [6.45, 7) is 2.05. The summed E-state index contributed by atoms with van der Waals surface area (Å²) < 4.78 is 0. The average Bonchev–Trinajstić information content (AvgIpc) is 2.70. The van der Waals surface area contributed by atoms with Crippen LogP contribution in [-0.4, -0.2) is 15.9 Å². The van der Waals surface area contributed by atoms with Crippen LogP contribution < -0.4 is 5.32 Å². The molecule has 1 N–H and O–H groups in total. The molecule has 4 aromatic rings. The van der Waals surface area contributed by atoms with Gasteiger partial charge in [0.1, 0.15) is 5.03 Å². The monoisotopic (exact) mass is 371 g/mol. The molecule has 0 spiro atoms. The van der Waals surface area contributed by atoms with E-state index in [2.05, 4.69) is 15.3 Å². The molecular formula is C22H17N3OS. The third-order valence-electron chi connectivity index (χ3n) is 4.15. The number of aryl methyl sites for hydroxylation is 1. The van der Waals surface area contributed by atoms with Crippen LogP contribution in [0.25, 0.3) is 10.9 Å². The fraction of sp³-hybridized carbons (Fsp3) is 0.0455. The molecule has 5 heteroatoms. The zero-order valence-corrected chi connectivity index (χ0v) is 15.5. The summed E-state index contributed by atoms with van der Waals surface area (Å²) in [5.74, 6) is -0.186. The first-order chi connectivity index (χ1) is 13.2. The number of benzene rings is 2. The molecule has 1 amide bonds. The third-order valence-corrected chi connectivity index (χ3v) is 5.17. The van der Waals surface area contributed by atoms with Crippen LogP contribution in [0.4, 0.5) is 5.69 Å². The number of fused-ring (bicyclic) bond motifs is 1. The van der Waals surface area contributed by atoms with Crippen molar-refractivity contribution in [3.8, 4) is 0 Å². The number of nitrogens with one attached hydrogen (secondary N) is 1. The fourth-order valence-corrected chi connectivity index (χ4v) is 3.64. The van der Waals surface area contributed by atoms with Crippen LogP contribution in [0.2, 0.25) is 0 Å². The van der Waals surface area contributed by atoms with E-state index in [9.17, 15) is 4.79 Å². The van der Waals surface area contributed by atoms with Crippen molar-refractivity contribution in [3.05, 3.63) is 90.3 Å². The van der Waals surface area contributed by atoms with Crippen molar-refractivity contribution in [3.63, 3.8) is 0 Å². The first-order valence-corrected chi connectivity index (χ1v) is 9.37. The van der Waals surface area contributed by atoms with Gasteiger partial charge in [0.15, 0.2) is 0 Å².